The van der Waals surface area contributed by atoms with Gasteiger partial charge in [0.25, 0.3) is 0 Å². The number of aromatic nitrogens is 1. The maximum Gasteiger partial charge on any atom is 0.240 e. The van der Waals surface area contributed by atoms with E-state index in [0.717, 1.165) is 18.4 Å². The number of nitrogens with one attached hydrogen (secondary N) is 1. The van der Waals surface area contributed by atoms with Crippen molar-refractivity contribution in [1.82, 2.24) is 9.71 Å². The minimum absolute atomic E-state index is 0.0212. The summed E-state index contributed by atoms with van der Waals surface area (Å²) in [6, 6.07) is 6.57. The summed E-state index contributed by atoms with van der Waals surface area (Å²) in [5.74, 6) is 0.574. The Balaban J connectivity index is 1.70. The molecule has 0 spiro atoms. The molecule has 1 saturated heterocycles. The van der Waals surface area contributed by atoms with E-state index in [1.807, 2.05) is 0 Å². The lowest BCUT2D eigenvalue weighted by atomic mass is 10.2. The van der Waals surface area contributed by atoms with Crippen LogP contribution in [0.2, 0.25) is 0 Å². The van der Waals surface area contributed by atoms with Crippen molar-refractivity contribution in [3.05, 3.63) is 36.4 Å². The van der Waals surface area contributed by atoms with E-state index in [0.29, 0.717) is 24.7 Å². The van der Waals surface area contributed by atoms with Gasteiger partial charge in [-0.15, -0.1) is 0 Å². The maximum atomic E-state index is 12.2. The Morgan fingerprint density at radius 2 is 2.09 bits per heavy atom. The molecule has 0 unspecified atom stereocenters. The first kappa shape index (κ1) is 15.2. The van der Waals surface area contributed by atoms with Crippen molar-refractivity contribution in [1.29, 1.82) is 0 Å². The zero-order valence-corrected chi connectivity index (χ0v) is 13.1. The van der Waals surface area contributed by atoms with Gasteiger partial charge in [-0.05, 0) is 25.0 Å². The molecule has 6 nitrogen and oxygen atoms in total. The second kappa shape index (κ2) is 6.20. The van der Waals surface area contributed by atoms with E-state index in [4.69, 9.17) is 9.15 Å². The van der Waals surface area contributed by atoms with Gasteiger partial charge in [0.1, 0.15) is 12.0 Å². The fraction of sp³-hybridized carbons (Fsp3) is 0.400. The van der Waals surface area contributed by atoms with Crippen molar-refractivity contribution in [3.63, 3.8) is 0 Å². The average molecular weight is 322 g/mol. The first-order valence-electron chi connectivity index (χ1n) is 7.18. The van der Waals surface area contributed by atoms with E-state index in [9.17, 15) is 8.42 Å². The van der Waals surface area contributed by atoms with E-state index in [1.165, 1.54) is 0 Å². The number of nitrogens with zero attached hydrogens (tertiary/aromatic N) is 1. The van der Waals surface area contributed by atoms with Gasteiger partial charge < -0.3 is 9.15 Å². The molecule has 0 amide bonds. The van der Waals surface area contributed by atoms with E-state index in [-0.39, 0.29) is 11.0 Å². The Morgan fingerprint density at radius 3 is 2.68 bits per heavy atom. The van der Waals surface area contributed by atoms with Gasteiger partial charge in [0.2, 0.25) is 10.0 Å². The molecule has 118 valence electrons. The molecule has 0 aliphatic carbocycles. The van der Waals surface area contributed by atoms with Gasteiger partial charge in [0.15, 0.2) is 5.89 Å². The molecule has 1 aromatic carbocycles. The third kappa shape index (κ3) is 3.37. The van der Waals surface area contributed by atoms with Gasteiger partial charge in [-0.2, -0.15) is 0 Å². The van der Waals surface area contributed by atoms with Gasteiger partial charge >= 0.3 is 0 Å². The van der Waals surface area contributed by atoms with Gasteiger partial charge in [-0.25, -0.2) is 18.1 Å². The predicted molar refractivity (Wildman–Crippen MR) is 80.8 cm³/mol. The van der Waals surface area contributed by atoms with Crippen LogP contribution in [0.4, 0.5) is 0 Å². The molecule has 0 bridgehead atoms. The van der Waals surface area contributed by atoms with Crippen molar-refractivity contribution in [3.8, 4) is 11.3 Å². The summed E-state index contributed by atoms with van der Waals surface area (Å²) >= 11 is 0. The van der Waals surface area contributed by atoms with Crippen LogP contribution >= 0.6 is 0 Å². The van der Waals surface area contributed by atoms with Crippen LogP contribution in [0.25, 0.3) is 11.3 Å². The molecule has 1 aromatic heterocycles. The average Bonchev–Trinajstić information content (AvgIpc) is 3.17. The summed E-state index contributed by atoms with van der Waals surface area (Å²) in [7, 11) is -3.52. The highest BCUT2D eigenvalue weighted by Gasteiger charge is 2.20. The van der Waals surface area contributed by atoms with E-state index < -0.39 is 10.0 Å². The molecule has 0 saturated carbocycles. The van der Waals surface area contributed by atoms with Gasteiger partial charge in [-0.1, -0.05) is 12.1 Å². The monoisotopic (exact) mass is 322 g/mol. The van der Waals surface area contributed by atoms with Crippen LogP contribution in [0, 0.1) is 6.92 Å². The number of oxazole rings is 1. The smallest absolute Gasteiger partial charge is 0.240 e. The predicted octanol–water partition coefficient (Wildman–Crippen LogP) is 2.11. The SMILES string of the molecule is Cc1nc(-c2ccc(S(=O)(=O)NC[C@@H]3CCCO3)cc2)co1. The highest BCUT2D eigenvalue weighted by molar-refractivity contribution is 7.89. The highest BCUT2D eigenvalue weighted by atomic mass is 32.2. The van der Waals surface area contributed by atoms with E-state index >= 15 is 0 Å². The molecular formula is C15H18N2O4S. The lowest BCUT2D eigenvalue weighted by Crippen LogP contribution is -2.31. The molecule has 7 heteroatoms. The van der Waals surface area contributed by atoms with Crippen LogP contribution in [-0.2, 0) is 14.8 Å². The Hall–Kier alpha value is -1.70. The molecule has 1 fully saturated rings. The summed E-state index contributed by atoms with van der Waals surface area (Å²) < 4.78 is 37.6. The normalized spacial score (nSPS) is 18.7. The van der Waals surface area contributed by atoms with Crippen LogP contribution in [0.1, 0.15) is 18.7 Å². The lowest BCUT2D eigenvalue weighted by Gasteiger charge is -2.11. The van der Waals surface area contributed by atoms with Gasteiger partial charge in [0.05, 0.1) is 11.0 Å². The van der Waals surface area contributed by atoms with Crippen molar-refractivity contribution in [2.24, 2.45) is 0 Å². The fourth-order valence-electron chi connectivity index (χ4n) is 2.39. The fourth-order valence-corrected chi connectivity index (χ4v) is 3.46. The Morgan fingerprint density at radius 1 is 1.32 bits per heavy atom. The Kier molecular flexibility index (Phi) is 4.28. The number of aryl methyl sites for hydroxylation is 1. The van der Waals surface area contributed by atoms with Crippen LogP contribution < -0.4 is 4.72 Å². The van der Waals surface area contributed by atoms with Crippen molar-refractivity contribution >= 4 is 10.0 Å². The van der Waals surface area contributed by atoms with Crippen molar-refractivity contribution in [2.45, 2.75) is 30.8 Å². The number of hydrogen-bond donors (Lipinski definition) is 1. The Labute approximate surface area is 129 Å². The number of sulfonamides is 1. The van der Waals surface area contributed by atoms with E-state index in [2.05, 4.69) is 9.71 Å². The van der Waals surface area contributed by atoms with Gasteiger partial charge in [0, 0.05) is 25.6 Å². The van der Waals surface area contributed by atoms with Crippen LogP contribution in [-0.4, -0.2) is 32.7 Å². The molecule has 1 aliphatic heterocycles. The molecule has 0 radical (unpaired) electrons. The largest absolute Gasteiger partial charge is 0.449 e. The molecule has 1 N–H and O–H groups in total. The first-order valence-corrected chi connectivity index (χ1v) is 8.67. The van der Waals surface area contributed by atoms with Crippen LogP contribution in [0.15, 0.2) is 39.8 Å². The maximum absolute atomic E-state index is 12.2. The lowest BCUT2D eigenvalue weighted by molar-refractivity contribution is 0.114. The van der Waals surface area contributed by atoms with Crippen molar-refractivity contribution < 1.29 is 17.6 Å². The number of hydrogen-bond acceptors (Lipinski definition) is 5. The number of benzene rings is 1. The van der Waals surface area contributed by atoms with Crippen LogP contribution in [0.5, 0.6) is 0 Å². The molecule has 22 heavy (non-hydrogen) atoms. The summed E-state index contributed by atoms with van der Waals surface area (Å²) in [5, 5.41) is 0. The zero-order chi connectivity index (χ0) is 15.6. The molecule has 1 aliphatic rings. The minimum atomic E-state index is -3.52. The standard InChI is InChI=1S/C15H18N2O4S/c1-11-17-15(10-21-11)12-4-6-14(7-5-12)22(18,19)16-9-13-3-2-8-20-13/h4-7,10,13,16H,2-3,8-9H2,1H3/t13-/m0/s1. The Bertz CT molecular complexity index is 731. The zero-order valence-electron chi connectivity index (χ0n) is 12.3. The third-order valence-corrected chi connectivity index (χ3v) is 5.04. The van der Waals surface area contributed by atoms with E-state index in [1.54, 1.807) is 37.5 Å². The van der Waals surface area contributed by atoms with Crippen LogP contribution in [0.3, 0.4) is 0 Å². The second-order valence-electron chi connectivity index (χ2n) is 5.26. The summed E-state index contributed by atoms with van der Waals surface area (Å²) in [6.07, 6.45) is 3.41. The molecule has 2 heterocycles. The topological polar surface area (TPSA) is 81.4 Å². The van der Waals surface area contributed by atoms with Gasteiger partial charge in [-0.3, -0.25) is 0 Å². The summed E-state index contributed by atoms with van der Waals surface area (Å²) in [5.41, 5.74) is 1.50. The molecular weight excluding hydrogens is 304 g/mol. The number of ether oxygens (including phenoxy) is 1. The molecule has 3 rings (SSSR count). The van der Waals surface area contributed by atoms with Crippen molar-refractivity contribution in [2.75, 3.05) is 13.2 Å². The number of rotatable bonds is 5. The summed E-state index contributed by atoms with van der Waals surface area (Å²) in [4.78, 5) is 4.44. The molecule has 2 aromatic rings. The highest BCUT2D eigenvalue weighted by Crippen LogP contribution is 2.21. The summed E-state index contributed by atoms with van der Waals surface area (Å²) in [6.45, 7) is 2.78. The first-order chi connectivity index (χ1) is 10.5. The molecule has 1 atom stereocenters. The quantitative estimate of drug-likeness (QED) is 0.912. The minimum Gasteiger partial charge on any atom is -0.449 e. The second-order valence-corrected chi connectivity index (χ2v) is 7.03. The third-order valence-electron chi connectivity index (χ3n) is 3.60.